The maximum Gasteiger partial charge on any atom is 0.122 e. The van der Waals surface area contributed by atoms with Gasteiger partial charge in [-0.25, -0.2) is 15.0 Å². The van der Waals surface area contributed by atoms with Crippen molar-refractivity contribution >= 4 is 0 Å². The Balaban J connectivity index is 2.22. The van der Waals surface area contributed by atoms with Gasteiger partial charge in [-0.05, 0) is 6.42 Å². The first-order valence-electron chi connectivity index (χ1n) is 4.94. The van der Waals surface area contributed by atoms with Gasteiger partial charge in [0.15, 0.2) is 0 Å². The molecule has 2 aromatic rings. The highest BCUT2D eigenvalue weighted by atomic mass is 15.1. The fraction of sp³-hybridized carbons (Fsp3) is 0.300. The largest absolute Gasteiger partial charge is 0.325 e. The van der Waals surface area contributed by atoms with Crippen LogP contribution >= 0.6 is 0 Å². The summed E-state index contributed by atoms with van der Waals surface area (Å²) in [5.74, 6) is 0.925. The van der Waals surface area contributed by atoms with Crippen LogP contribution in [-0.4, -0.2) is 19.5 Å². The first-order chi connectivity index (χ1) is 7.40. The van der Waals surface area contributed by atoms with E-state index in [1.165, 1.54) is 5.56 Å². The quantitative estimate of drug-likeness (QED) is 0.723. The van der Waals surface area contributed by atoms with E-state index < -0.39 is 0 Å². The van der Waals surface area contributed by atoms with Crippen molar-refractivity contribution in [3.8, 4) is 11.4 Å². The maximum absolute atomic E-state index is 5.62. The van der Waals surface area contributed by atoms with Crippen LogP contribution in [0.3, 0.4) is 0 Å². The Morgan fingerprint density at radius 2 is 2.27 bits per heavy atom. The van der Waals surface area contributed by atoms with Crippen LogP contribution in [0.2, 0.25) is 0 Å². The first-order valence-corrected chi connectivity index (χ1v) is 4.94. The van der Waals surface area contributed by atoms with Gasteiger partial charge < -0.3 is 10.3 Å². The summed E-state index contributed by atoms with van der Waals surface area (Å²) >= 11 is 0. The van der Waals surface area contributed by atoms with Gasteiger partial charge in [0.1, 0.15) is 12.2 Å². The molecule has 5 nitrogen and oxygen atoms in total. The molecular formula is C10H11N5. The lowest BCUT2D eigenvalue weighted by atomic mass is 10.1. The van der Waals surface area contributed by atoms with E-state index in [0.29, 0.717) is 6.54 Å². The molecule has 0 unspecified atom stereocenters. The zero-order chi connectivity index (χ0) is 10.3. The summed E-state index contributed by atoms with van der Waals surface area (Å²) in [4.78, 5) is 12.6. The second-order valence-electron chi connectivity index (χ2n) is 3.56. The van der Waals surface area contributed by atoms with Gasteiger partial charge in [0.2, 0.25) is 0 Å². The molecule has 0 saturated carbocycles. The Morgan fingerprint density at radius 3 is 3.13 bits per heavy atom. The highest BCUT2D eigenvalue weighted by Crippen LogP contribution is 2.27. The highest BCUT2D eigenvalue weighted by molar-refractivity contribution is 5.60. The number of rotatable bonds is 1. The average molecular weight is 201 g/mol. The Hall–Kier alpha value is -1.75. The number of aryl methyl sites for hydroxylation is 1. The molecular weight excluding hydrogens is 190 g/mol. The van der Waals surface area contributed by atoms with Gasteiger partial charge in [-0.3, -0.25) is 0 Å². The maximum atomic E-state index is 5.62. The third-order valence-corrected chi connectivity index (χ3v) is 2.76. The molecule has 0 atom stereocenters. The lowest BCUT2D eigenvalue weighted by Crippen LogP contribution is -2.16. The summed E-state index contributed by atoms with van der Waals surface area (Å²) in [7, 11) is 0. The standard InChI is InChI=1S/C10H11N5/c11-3-9-13-5-8-10-7(1-2-15(8)9)4-12-6-14-10/h4-6H,1-3,11H2. The normalized spacial score (nSPS) is 13.4. The Labute approximate surface area is 87.0 Å². The summed E-state index contributed by atoms with van der Waals surface area (Å²) in [6.07, 6.45) is 6.24. The molecule has 0 aliphatic carbocycles. The second-order valence-corrected chi connectivity index (χ2v) is 3.56. The topological polar surface area (TPSA) is 69.6 Å². The van der Waals surface area contributed by atoms with E-state index in [9.17, 15) is 0 Å². The predicted octanol–water partition coefficient (Wildman–Crippen LogP) is 0.355. The molecule has 1 aliphatic rings. The van der Waals surface area contributed by atoms with E-state index in [4.69, 9.17) is 5.73 Å². The van der Waals surface area contributed by atoms with E-state index in [1.807, 2.05) is 12.4 Å². The minimum absolute atomic E-state index is 0.473. The van der Waals surface area contributed by atoms with Gasteiger partial charge in [-0.2, -0.15) is 0 Å². The smallest absolute Gasteiger partial charge is 0.122 e. The second kappa shape index (κ2) is 3.13. The molecule has 76 valence electrons. The molecule has 3 rings (SSSR count). The number of fused-ring (bicyclic) bond motifs is 3. The molecule has 2 N–H and O–H groups in total. The molecule has 0 spiro atoms. The van der Waals surface area contributed by atoms with Crippen molar-refractivity contribution in [1.29, 1.82) is 0 Å². The molecule has 0 amide bonds. The van der Waals surface area contributed by atoms with Crippen molar-refractivity contribution in [3.63, 3.8) is 0 Å². The Morgan fingerprint density at radius 1 is 1.33 bits per heavy atom. The minimum Gasteiger partial charge on any atom is -0.325 e. The lowest BCUT2D eigenvalue weighted by molar-refractivity contribution is 0.637. The Bertz CT molecular complexity index is 502. The van der Waals surface area contributed by atoms with Crippen LogP contribution in [0, 0.1) is 0 Å². The molecule has 5 heteroatoms. The number of nitrogens with two attached hydrogens (primary N) is 1. The number of nitrogens with zero attached hydrogens (tertiary/aromatic N) is 4. The summed E-state index contributed by atoms with van der Waals surface area (Å²) in [5.41, 5.74) is 8.85. The van der Waals surface area contributed by atoms with Crippen molar-refractivity contribution in [2.24, 2.45) is 5.73 Å². The van der Waals surface area contributed by atoms with E-state index >= 15 is 0 Å². The predicted molar refractivity (Wildman–Crippen MR) is 54.8 cm³/mol. The van der Waals surface area contributed by atoms with Crippen molar-refractivity contribution in [1.82, 2.24) is 19.5 Å². The van der Waals surface area contributed by atoms with E-state index in [2.05, 4.69) is 19.5 Å². The molecule has 0 fully saturated rings. The van der Waals surface area contributed by atoms with Gasteiger partial charge in [-0.15, -0.1) is 0 Å². The summed E-state index contributed by atoms with van der Waals surface area (Å²) in [5, 5.41) is 0. The summed E-state index contributed by atoms with van der Waals surface area (Å²) < 4.78 is 2.13. The third kappa shape index (κ3) is 1.16. The number of hydrogen-bond donors (Lipinski definition) is 1. The van der Waals surface area contributed by atoms with Crippen LogP contribution in [0.25, 0.3) is 11.4 Å². The molecule has 15 heavy (non-hydrogen) atoms. The molecule has 3 heterocycles. The molecule has 2 aromatic heterocycles. The lowest BCUT2D eigenvalue weighted by Gasteiger charge is -2.18. The van der Waals surface area contributed by atoms with Crippen molar-refractivity contribution < 1.29 is 0 Å². The molecule has 0 aromatic carbocycles. The van der Waals surface area contributed by atoms with Gasteiger partial charge >= 0.3 is 0 Å². The molecule has 0 saturated heterocycles. The minimum atomic E-state index is 0.473. The average Bonchev–Trinajstić information content (AvgIpc) is 2.72. The van der Waals surface area contributed by atoms with Crippen molar-refractivity contribution in [2.45, 2.75) is 19.5 Å². The first kappa shape index (κ1) is 8.55. The molecule has 1 aliphatic heterocycles. The van der Waals surface area contributed by atoms with Gasteiger partial charge in [0.05, 0.1) is 24.1 Å². The van der Waals surface area contributed by atoms with E-state index in [1.54, 1.807) is 6.33 Å². The third-order valence-electron chi connectivity index (χ3n) is 2.76. The van der Waals surface area contributed by atoms with Crippen molar-refractivity contribution in [2.75, 3.05) is 0 Å². The molecule has 0 radical (unpaired) electrons. The van der Waals surface area contributed by atoms with Gasteiger partial charge in [-0.1, -0.05) is 0 Å². The highest BCUT2D eigenvalue weighted by Gasteiger charge is 2.19. The zero-order valence-electron chi connectivity index (χ0n) is 8.22. The van der Waals surface area contributed by atoms with Crippen LogP contribution in [0.1, 0.15) is 11.4 Å². The Kier molecular flexibility index (Phi) is 1.78. The number of aromatic nitrogens is 4. The SMILES string of the molecule is NCc1ncc2n1CCc1cncnc1-2. The van der Waals surface area contributed by atoms with Crippen LogP contribution in [-0.2, 0) is 19.5 Å². The molecule has 0 bridgehead atoms. The fourth-order valence-electron chi connectivity index (χ4n) is 2.02. The van der Waals surface area contributed by atoms with Crippen LogP contribution in [0.5, 0.6) is 0 Å². The van der Waals surface area contributed by atoms with Crippen LogP contribution in [0.4, 0.5) is 0 Å². The van der Waals surface area contributed by atoms with Crippen LogP contribution < -0.4 is 5.73 Å². The van der Waals surface area contributed by atoms with Gasteiger partial charge in [0, 0.05) is 18.3 Å². The zero-order valence-corrected chi connectivity index (χ0v) is 8.22. The van der Waals surface area contributed by atoms with E-state index in [-0.39, 0.29) is 0 Å². The van der Waals surface area contributed by atoms with E-state index in [0.717, 1.165) is 30.2 Å². The van der Waals surface area contributed by atoms with Gasteiger partial charge in [0.25, 0.3) is 0 Å². The summed E-state index contributed by atoms with van der Waals surface area (Å²) in [6.45, 7) is 1.39. The fourth-order valence-corrected chi connectivity index (χ4v) is 2.02. The monoisotopic (exact) mass is 201 g/mol. The van der Waals surface area contributed by atoms with Crippen molar-refractivity contribution in [3.05, 3.63) is 30.1 Å². The number of hydrogen-bond acceptors (Lipinski definition) is 4. The summed E-state index contributed by atoms with van der Waals surface area (Å²) in [6, 6.07) is 0. The van der Waals surface area contributed by atoms with Crippen LogP contribution in [0.15, 0.2) is 18.7 Å². The number of imidazole rings is 1.